The number of hydrogen-bond acceptors (Lipinski definition) is 3. The van der Waals surface area contributed by atoms with Crippen LogP contribution in [0.15, 0.2) is 33.3 Å². The molecule has 5 heteroatoms. The van der Waals surface area contributed by atoms with Crippen LogP contribution in [0.25, 0.3) is 0 Å². The van der Waals surface area contributed by atoms with Gasteiger partial charge in [0.2, 0.25) is 0 Å². The van der Waals surface area contributed by atoms with Crippen LogP contribution >= 0.6 is 27.5 Å². The Balaban J connectivity index is 2.01. The van der Waals surface area contributed by atoms with E-state index in [2.05, 4.69) is 33.3 Å². The van der Waals surface area contributed by atoms with Gasteiger partial charge in [-0.3, -0.25) is 0 Å². The molecule has 1 unspecified atom stereocenters. The summed E-state index contributed by atoms with van der Waals surface area (Å²) in [6.07, 6.45) is 0. The first-order valence-corrected chi connectivity index (χ1v) is 6.84. The Morgan fingerprint density at radius 3 is 2.83 bits per heavy atom. The Labute approximate surface area is 120 Å². The third-order valence-electron chi connectivity index (χ3n) is 2.70. The molecule has 0 saturated carbocycles. The molecule has 1 heterocycles. The molecular weight excluding hydrogens is 316 g/mol. The van der Waals surface area contributed by atoms with Crippen molar-refractivity contribution in [3.63, 3.8) is 0 Å². The maximum atomic E-state index is 6.21. The van der Waals surface area contributed by atoms with Gasteiger partial charge in [-0.05, 0) is 31.5 Å². The maximum absolute atomic E-state index is 6.21. The second kappa shape index (κ2) is 5.87. The van der Waals surface area contributed by atoms with Crippen LogP contribution < -0.4 is 5.32 Å². The fourth-order valence-corrected chi connectivity index (χ4v) is 2.56. The summed E-state index contributed by atoms with van der Waals surface area (Å²) < 4.78 is 6.00. The molecule has 0 saturated heterocycles. The fourth-order valence-electron chi connectivity index (χ4n) is 1.72. The van der Waals surface area contributed by atoms with E-state index in [1.807, 2.05) is 31.2 Å². The average Bonchev–Trinajstić information content (AvgIpc) is 2.72. The minimum Gasteiger partial charge on any atom is -0.361 e. The maximum Gasteiger partial charge on any atom is 0.133 e. The van der Waals surface area contributed by atoms with E-state index in [4.69, 9.17) is 16.1 Å². The highest BCUT2D eigenvalue weighted by atomic mass is 79.9. The predicted octanol–water partition coefficient (Wildman–Crippen LogP) is 4.25. The van der Waals surface area contributed by atoms with Crippen molar-refractivity contribution in [1.29, 1.82) is 0 Å². The van der Waals surface area contributed by atoms with E-state index in [1.54, 1.807) is 0 Å². The van der Waals surface area contributed by atoms with Crippen LogP contribution in [0, 0.1) is 6.92 Å². The minimum atomic E-state index is 0.155. The number of benzene rings is 1. The highest BCUT2D eigenvalue weighted by Crippen LogP contribution is 2.26. The van der Waals surface area contributed by atoms with Crippen LogP contribution in [0.3, 0.4) is 0 Å². The molecular formula is C13H14BrClN2O. The Morgan fingerprint density at radius 1 is 1.44 bits per heavy atom. The Bertz CT molecular complexity index is 542. The van der Waals surface area contributed by atoms with Crippen LogP contribution in [0.2, 0.25) is 5.02 Å². The smallest absolute Gasteiger partial charge is 0.133 e. The zero-order valence-corrected chi connectivity index (χ0v) is 12.5. The second-order valence-electron chi connectivity index (χ2n) is 4.20. The van der Waals surface area contributed by atoms with Crippen molar-refractivity contribution in [2.24, 2.45) is 0 Å². The number of rotatable bonds is 4. The molecule has 2 aromatic rings. The van der Waals surface area contributed by atoms with Crippen molar-refractivity contribution in [3.05, 3.63) is 50.8 Å². The summed E-state index contributed by atoms with van der Waals surface area (Å²) in [6.45, 7) is 4.61. The zero-order chi connectivity index (χ0) is 13.1. The lowest BCUT2D eigenvalue weighted by atomic mass is 10.1. The molecule has 0 spiro atoms. The lowest BCUT2D eigenvalue weighted by Crippen LogP contribution is -2.18. The number of aromatic nitrogens is 1. The summed E-state index contributed by atoms with van der Waals surface area (Å²) in [7, 11) is 0. The van der Waals surface area contributed by atoms with E-state index in [0.717, 1.165) is 26.5 Å². The van der Waals surface area contributed by atoms with Crippen LogP contribution in [0.1, 0.15) is 30.0 Å². The lowest BCUT2D eigenvalue weighted by molar-refractivity contribution is 0.386. The Morgan fingerprint density at radius 2 is 2.22 bits per heavy atom. The van der Waals surface area contributed by atoms with E-state index in [-0.39, 0.29) is 6.04 Å². The highest BCUT2D eigenvalue weighted by Gasteiger charge is 2.10. The molecule has 0 aliphatic carbocycles. The van der Waals surface area contributed by atoms with Gasteiger partial charge in [-0.2, -0.15) is 0 Å². The minimum absolute atomic E-state index is 0.155. The van der Waals surface area contributed by atoms with Crippen LogP contribution in [-0.4, -0.2) is 5.16 Å². The lowest BCUT2D eigenvalue weighted by Gasteiger charge is -2.15. The van der Waals surface area contributed by atoms with Gasteiger partial charge < -0.3 is 9.84 Å². The van der Waals surface area contributed by atoms with E-state index in [0.29, 0.717) is 6.54 Å². The van der Waals surface area contributed by atoms with Gasteiger partial charge in [-0.1, -0.05) is 38.8 Å². The molecule has 2 rings (SSSR count). The Kier molecular flexibility index (Phi) is 4.43. The first-order valence-electron chi connectivity index (χ1n) is 5.67. The van der Waals surface area contributed by atoms with Crippen LogP contribution in [0.4, 0.5) is 0 Å². The van der Waals surface area contributed by atoms with Crippen molar-refractivity contribution < 1.29 is 4.52 Å². The summed E-state index contributed by atoms with van der Waals surface area (Å²) in [4.78, 5) is 0. The van der Waals surface area contributed by atoms with Gasteiger partial charge in [0, 0.05) is 28.1 Å². The molecule has 1 aromatic heterocycles. The molecule has 1 N–H and O–H groups in total. The third kappa shape index (κ3) is 3.34. The fraction of sp³-hybridized carbons (Fsp3) is 0.308. The SMILES string of the molecule is Cc1cc(CNC(C)c2ccc(Br)cc2Cl)no1. The van der Waals surface area contributed by atoms with Gasteiger partial charge in [0.25, 0.3) is 0 Å². The molecule has 0 fully saturated rings. The predicted molar refractivity (Wildman–Crippen MR) is 75.6 cm³/mol. The second-order valence-corrected chi connectivity index (χ2v) is 5.52. The third-order valence-corrected chi connectivity index (χ3v) is 3.52. The molecule has 1 atom stereocenters. The first-order chi connectivity index (χ1) is 8.56. The number of aryl methyl sites for hydroxylation is 1. The van der Waals surface area contributed by atoms with Crippen LogP contribution in [-0.2, 0) is 6.54 Å². The first kappa shape index (κ1) is 13.6. The molecule has 0 amide bonds. The average molecular weight is 330 g/mol. The molecule has 3 nitrogen and oxygen atoms in total. The monoisotopic (exact) mass is 328 g/mol. The normalized spacial score (nSPS) is 12.7. The van der Waals surface area contributed by atoms with Crippen molar-refractivity contribution in [3.8, 4) is 0 Å². The van der Waals surface area contributed by atoms with Crippen molar-refractivity contribution in [1.82, 2.24) is 10.5 Å². The summed E-state index contributed by atoms with van der Waals surface area (Å²) in [5, 5.41) is 8.06. The topological polar surface area (TPSA) is 38.1 Å². The molecule has 18 heavy (non-hydrogen) atoms. The largest absolute Gasteiger partial charge is 0.361 e. The zero-order valence-electron chi connectivity index (χ0n) is 10.2. The number of nitrogens with one attached hydrogen (secondary N) is 1. The van der Waals surface area contributed by atoms with Gasteiger partial charge in [0.15, 0.2) is 0 Å². The molecule has 0 aliphatic rings. The molecule has 0 radical (unpaired) electrons. The van der Waals surface area contributed by atoms with Gasteiger partial charge in [-0.15, -0.1) is 0 Å². The molecule has 0 bridgehead atoms. The van der Waals surface area contributed by atoms with Crippen molar-refractivity contribution >= 4 is 27.5 Å². The van der Waals surface area contributed by atoms with Crippen molar-refractivity contribution in [2.45, 2.75) is 26.4 Å². The van der Waals surface area contributed by atoms with Crippen molar-refractivity contribution in [2.75, 3.05) is 0 Å². The molecule has 96 valence electrons. The van der Waals surface area contributed by atoms with Crippen LogP contribution in [0.5, 0.6) is 0 Å². The van der Waals surface area contributed by atoms with Gasteiger partial charge in [0.1, 0.15) is 5.76 Å². The van der Waals surface area contributed by atoms with Gasteiger partial charge in [-0.25, -0.2) is 0 Å². The van der Waals surface area contributed by atoms with E-state index in [1.165, 1.54) is 0 Å². The summed E-state index contributed by atoms with van der Waals surface area (Å²) in [5.41, 5.74) is 1.97. The quantitative estimate of drug-likeness (QED) is 0.911. The number of halogens is 2. The summed E-state index contributed by atoms with van der Waals surface area (Å²) >= 11 is 9.60. The Hall–Kier alpha value is -0.840. The van der Waals surface area contributed by atoms with Gasteiger partial charge >= 0.3 is 0 Å². The summed E-state index contributed by atoms with van der Waals surface area (Å²) in [5.74, 6) is 0.820. The van der Waals surface area contributed by atoms with E-state index >= 15 is 0 Å². The van der Waals surface area contributed by atoms with Gasteiger partial charge in [0.05, 0.1) is 5.69 Å². The number of nitrogens with zero attached hydrogens (tertiary/aromatic N) is 1. The number of hydrogen-bond donors (Lipinski definition) is 1. The summed E-state index contributed by atoms with van der Waals surface area (Å²) in [6, 6.07) is 7.97. The van der Waals surface area contributed by atoms with E-state index in [9.17, 15) is 0 Å². The molecule has 0 aliphatic heterocycles. The molecule has 1 aromatic carbocycles. The van der Waals surface area contributed by atoms with E-state index < -0.39 is 0 Å². The highest BCUT2D eigenvalue weighted by molar-refractivity contribution is 9.10. The standard InChI is InChI=1S/C13H14BrClN2O/c1-8-5-11(17-18-8)7-16-9(2)12-4-3-10(14)6-13(12)15/h3-6,9,16H,7H2,1-2H3.